The van der Waals surface area contributed by atoms with Gasteiger partial charge in [-0.15, -0.1) is 0 Å². The largest absolute Gasteiger partial charge is 0.505 e. The number of ketones is 1. The molecule has 1 saturated heterocycles. The molecule has 0 bridgehead atoms. The maximum Gasteiger partial charge on any atom is 0.337 e. The first-order chi connectivity index (χ1) is 16.6. The van der Waals surface area contributed by atoms with Crippen molar-refractivity contribution in [3.8, 4) is 0 Å². The summed E-state index contributed by atoms with van der Waals surface area (Å²) in [4.78, 5) is 46.3. The van der Waals surface area contributed by atoms with E-state index in [2.05, 4.69) is 4.98 Å². The molecule has 1 unspecified atom stereocenters. The molecule has 3 aromatic rings. The van der Waals surface area contributed by atoms with E-state index in [0.717, 1.165) is 5.56 Å². The van der Waals surface area contributed by atoms with Crippen LogP contribution in [0.4, 0.5) is 0 Å². The third kappa shape index (κ3) is 4.19. The summed E-state index contributed by atoms with van der Waals surface area (Å²) in [5, 5.41) is 11.5. The number of nitrogens with zero attached hydrogens (tertiary/aromatic N) is 4. The van der Waals surface area contributed by atoms with Crippen LogP contribution in [0.25, 0.3) is 11.4 Å². The fraction of sp³-hybridized carbons (Fsp3) is 0.308. The molecule has 1 N–H and O–H groups in total. The van der Waals surface area contributed by atoms with Crippen LogP contribution in [0.1, 0.15) is 38.9 Å². The number of aryl methyl sites for hydroxylation is 2. The fourth-order valence-corrected chi connectivity index (χ4v) is 4.41. The SMILES string of the molecule is COC(=O)c1ccc(C2C(=C(O)c3c(C)nc4c(C)cccn34)C(=O)C(=O)N2CCN(C)C)cc1. The van der Waals surface area contributed by atoms with Gasteiger partial charge in [-0.2, -0.15) is 0 Å². The molecule has 0 saturated carbocycles. The van der Waals surface area contributed by atoms with Gasteiger partial charge in [0.1, 0.15) is 11.3 Å². The molecule has 2 aromatic heterocycles. The number of carbonyl (C=O) groups is 3. The zero-order valence-corrected chi connectivity index (χ0v) is 20.4. The van der Waals surface area contributed by atoms with Crippen molar-refractivity contribution in [3.63, 3.8) is 0 Å². The fourth-order valence-electron chi connectivity index (χ4n) is 4.41. The molecule has 35 heavy (non-hydrogen) atoms. The summed E-state index contributed by atoms with van der Waals surface area (Å²) in [6, 6.07) is 9.42. The van der Waals surface area contributed by atoms with Crippen molar-refractivity contribution in [1.82, 2.24) is 19.2 Å². The maximum absolute atomic E-state index is 13.3. The Morgan fingerprint density at radius 1 is 1.14 bits per heavy atom. The Kier molecular flexibility index (Phi) is 6.45. The Morgan fingerprint density at radius 2 is 1.83 bits per heavy atom. The van der Waals surface area contributed by atoms with E-state index in [1.165, 1.54) is 12.0 Å². The van der Waals surface area contributed by atoms with Gasteiger partial charge in [-0.1, -0.05) is 18.2 Å². The lowest BCUT2D eigenvalue weighted by Crippen LogP contribution is -2.35. The summed E-state index contributed by atoms with van der Waals surface area (Å²) in [7, 11) is 5.05. The molecule has 1 atom stereocenters. The Hall–Kier alpha value is -3.98. The number of likely N-dealkylation sites (N-methyl/N-ethyl adjacent to an activating group) is 1. The topological polar surface area (TPSA) is 104 Å². The number of Topliss-reactive ketones (excluding diaryl/α,β-unsaturated/α-hetero) is 1. The first kappa shape index (κ1) is 24.2. The van der Waals surface area contributed by atoms with Crippen LogP contribution in [0, 0.1) is 13.8 Å². The number of rotatable bonds is 6. The van der Waals surface area contributed by atoms with E-state index in [4.69, 9.17) is 4.74 Å². The second kappa shape index (κ2) is 9.34. The molecule has 1 amide bonds. The highest BCUT2D eigenvalue weighted by atomic mass is 16.5. The molecule has 4 rings (SSSR count). The Bertz CT molecular complexity index is 1350. The van der Waals surface area contributed by atoms with Crippen LogP contribution in [-0.2, 0) is 14.3 Å². The molecule has 1 aliphatic heterocycles. The minimum Gasteiger partial charge on any atom is -0.505 e. The van der Waals surface area contributed by atoms with Gasteiger partial charge >= 0.3 is 5.97 Å². The summed E-state index contributed by atoms with van der Waals surface area (Å²) in [5.74, 6) is -2.22. The van der Waals surface area contributed by atoms with Crippen LogP contribution in [0.2, 0.25) is 0 Å². The smallest absolute Gasteiger partial charge is 0.337 e. The van der Waals surface area contributed by atoms with E-state index in [1.807, 2.05) is 38.1 Å². The third-order valence-electron chi connectivity index (χ3n) is 6.22. The van der Waals surface area contributed by atoms with Gasteiger partial charge in [0.15, 0.2) is 5.76 Å². The number of aliphatic hydroxyl groups excluding tert-OH is 1. The summed E-state index contributed by atoms with van der Waals surface area (Å²) < 4.78 is 6.50. The lowest BCUT2D eigenvalue weighted by molar-refractivity contribution is -0.140. The van der Waals surface area contributed by atoms with E-state index in [9.17, 15) is 19.5 Å². The predicted molar refractivity (Wildman–Crippen MR) is 130 cm³/mol. The third-order valence-corrected chi connectivity index (χ3v) is 6.22. The van der Waals surface area contributed by atoms with Crippen molar-refractivity contribution >= 4 is 29.1 Å². The van der Waals surface area contributed by atoms with Crippen LogP contribution in [0.5, 0.6) is 0 Å². The number of benzene rings is 1. The molecular formula is C26H28N4O5. The quantitative estimate of drug-likeness (QED) is 0.252. The number of fused-ring (bicyclic) bond motifs is 1. The second-order valence-corrected chi connectivity index (χ2v) is 8.84. The number of methoxy groups -OCH3 is 1. The molecule has 9 heteroatoms. The van der Waals surface area contributed by atoms with E-state index in [1.54, 1.807) is 41.8 Å². The highest BCUT2D eigenvalue weighted by Gasteiger charge is 2.46. The molecule has 0 radical (unpaired) electrons. The molecule has 3 heterocycles. The monoisotopic (exact) mass is 476 g/mol. The van der Waals surface area contributed by atoms with E-state index >= 15 is 0 Å². The number of likely N-dealkylation sites (tertiary alicyclic amines) is 1. The van der Waals surface area contributed by atoms with Gasteiger partial charge in [-0.3, -0.25) is 14.0 Å². The average molecular weight is 477 g/mol. The van der Waals surface area contributed by atoms with Crippen LogP contribution >= 0.6 is 0 Å². The van der Waals surface area contributed by atoms with Crippen LogP contribution in [0.15, 0.2) is 48.2 Å². The van der Waals surface area contributed by atoms with Gasteiger partial charge in [0.2, 0.25) is 0 Å². The van der Waals surface area contributed by atoms with Crippen molar-refractivity contribution in [2.45, 2.75) is 19.9 Å². The Labute approximate surface area is 203 Å². The average Bonchev–Trinajstić information content (AvgIpc) is 3.31. The number of pyridine rings is 1. The first-order valence-corrected chi connectivity index (χ1v) is 11.2. The number of aliphatic hydroxyl groups is 1. The molecule has 9 nitrogen and oxygen atoms in total. The lowest BCUT2D eigenvalue weighted by Gasteiger charge is -2.26. The summed E-state index contributed by atoms with van der Waals surface area (Å²) >= 11 is 0. The molecule has 1 aliphatic rings. The second-order valence-electron chi connectivity index (χ2n) is 8.84. The number of aromatic nitrogens is 2. The Morgan fingerprint density at radius 3 is 2.46 bits per heavy atom. The summed E-state index contributed by atoms with van der Waals surface area (Å²) in [5.41, 5.74) is 3.41. The summed E-state index contributed by atoms with van der Waals surface area (Å²) in [6.45, 7) is 4.47. The van der Waals surface area contributed by atoms with E-state index in [-0.39, 0.29) is 17.9 Å². The molecule has 0 aliphatic carbocycles. The molecular weight excluding hydrogens is 448 g/mol. The van der Waals surface area contributed by atoms with E-state index < -0.39 is 23.7 Å². The van der Waals surface area contributed by atoms with Gasteiger partial charge in [0, 0.05) is 19.3 Å². The minimum absolute atomic E-state index is 0.00835. The van der Waals surface area contributed by atoms with Gasteiger partial charge < -0.3 is 19.6 Å². The standard InChI is InChI=1S/C26H28N4O5/c1-15-7-6-12-29-20(16(2)27-24(15)29)22(31)19-21(17-8-10-18(11-9-17)26(34)35-5)30(14-13-28(3)4)25(33)23(19)32/h6-12,21,31H,13-14H2,1-5H3. The zero-order chi connectivity index (χ0) is 25.4. The number of carbonyl (C=O) groups excluding carboxylic acids is 3. The van der Waals surface area contributed by atoms with Crippen LogP contribution in [0.3, 0.4) is 0 Å². The number of amides is 1. The van der Waals surface area contributed by atoms with Crippen molar-refractivity contribution in [3.05, 3.63) is 76.2 Å². The molecule has 182 valence electrons. The van der Waals surface area contributed by atoms with Crippen LogP contribution in [-0.4, -0.2) is 76.2 Å². The van der Waals surface area contributed by atoms with Gasteiger partial charge in [0.05, 0.1) is 30.0 Å². The van der Waals surface area contributed by atoms with Crippen molar-refractivity contribution in [2.75, 3.05) is 34.3 Å². The maximum atomic E-state index is 13.3. The number of ether oxygens (including phenoxy) is 1. The lowest BCUT2D eigenvalue weighted by atomic mass is 9.95. The number of imidazole rings is 1. The molecule has 1 aromatic carbocycles. The van der Waals surface area contributed by atoms with Gasteiger partial charge in [-0.05, 0) is 57.3 Å². The Balaban J connectivity index is 1.91. The van der Waals surface area contributed by atoms with Crippen molar-refractivity contribution in [2.24, 2.45) is 0 Å². The van der Waals surface area contributed by atoms with Crippen LogP contribution < -0.4 is 0 Å². The minimum atomic E-state index is -0.823. The normalized spacial score (nSPS) is 17.5. The van der Waals surface area contributed by atoms with E-state index in [0.29, 0.717) is 34.7 Å². The van der Waals surface area contributed by atoms with Crippen molar-refractivity contribution < 1.29 is 24.2 Å². The van der Waals surface area contributed by atoms with Crippen molar-refractivity contribution in [1.29, 1.82) is 0 Å². The first-order valence-electron chi connectivity index (χ1n) is 11.2. The highest BCUT2D eigenvalue weighted by Crippen LogP contribution is 2.40. The van der Waals surface area contributed by atoms with Gasteiger partial charge in [0.25, 0.3) is 11.7 Å². The molecule has 1 fully saturated rings. The number of esters is 1. The van der Waals surface area contributed by atoms with Gasteiger partial charge in [-0.25, -0.2) is 9.78 Å². The highest BCUT2D eigenvalue weighted by molar-refractivity contribution is 6.46. The number of hydrogen-bond donors (Lipinski definition) is 1. The zero-order valence-electron chi connectivity index (χ0n) is 20.4. The number of hydrogen-bond acceptors (Lipinski definition) is 7. The molecule has 0 spiro atoms. The summed E-state index contributed by atoms with van der Waals surface area (Å²) in [6.07, 6.45) is 1.76. The predicted octanol–water partition coefficient (Wildman–Crippen LogP) is 2.72.